The van der Waals surface area contributed by atoms with Crippen molar-refractivity contribution in [2.24, 2.45) is 7.05 Å². The van der Waals surface area contributed by atoms with Crippen molar-refractivity contribution in [3.05, 3.63) is 18.1 Å². The normalized spacial score (nSPS) is 10.1. The highest BCUT2D eigenvalue weighted by atomic mass is 16.2. The summed E-state index contributed by atoms with van der Waals surface area (Å²) in [6.07, 6.45) is 2.56. The first kappa shape index (κ1) is 9.96. The van der Waals surface area contributed by atoms with Crippen molar-refractivity contribution in [1.29, 1.82) is 0 Å². The zero-order valence-electron chi connectivity index (χ0n) is 8.32. The Hall–Kier alpha value is -2.58. The van der Waals surface area contributed by atoms with Crippen molar-refractivity contribution >= 4 is 17.7 Å². The molecule has 2 aromatic heterocycles. The zero-order valence-corrected chi connectivity index (χ0v) is 8.32. The van der Waals surface area contributed by atoms with Crippen LogP contribution in [-0.2, 0) is 7.05 Å². The summed E-state index contributed by atoms with van der Waals surface area (Å²) in [4.78, 5) is 20.3. The van der Waals surface area contributed by atoms with Gasteiger partial charge in [-0.05, 0) is 5.21 Å². The van der Waals surface area contributed by atoms with E-state index in [-0.39, 0.29) is 17.5 Å². The number of nitrogens with zero attached hydrogens (tertiary/aromatic N) is 6. The maximum absolute atomic E-state index is 11.6. The Morgan fingerprint density at radius 3 is 2.81 bits per heavy atom. The SMILES string of the molecule is Cn1nnc(NC(=O)c2cnc(N)cn2)n1. The lowest BCUT2D eigenvalue weighted by Gasteiger charge is -1.98. The fourth-order valence-electron chi connectivity index (χ4n) is 0.955. The summed E-state index contributed by atoms with van der Waals surface area (Å²) < 4.78 is 0. The van der Waals surface area contributed by atoms with Gasteiger partial charge in [0.1, 0.15) is 11.5 Å². The number of amides is 1. The van der Waals surface area contributed by atoms with E-state index in [9.17, 15) is 4.79 Å². The summed E-state index contributed by atoms with van der Waals surface area (Å²) >= 11 is 0. The van der Waals surface area contributed by atoms with Gasteiger partial charge in [0.2, 0.25) is 0 Å². The van der Waals surface area contributed by atoms with E-state index in [0.29, 0.717) is 0 Å². The number of nitrogens with two attached hydrogens (primary N) is 1. The third-order valence-electron chi connectivity index (χ3n) is 1.64. The van der Waals surface area contributed by atoms with Gasteiger partial charge in [0.15, 0.2) is 0 Å². The molecule has 0 bridgehead atoms. The van der Waals surface area contributed by atoms with Crippen molar-refractivity contribution < 1.29 is 4.79 Å². The minimum Gasteiger partial charge on any atom is -0.382 e. The molecule has 9 heteroatoms. The standard InChI is InChI=1S/C7H8N8O/c1-15-13-7(12-14-15)11-6(16)4-2-10-5(8)3-9-4/h2-3H,1H3,(H2,8,10)(H,11,13,16). The summed E-state index contributed by atoms with van der Waals surface area (Å²) in [6.45, 7) is 0. The molecule has 3 N–H and O–H groups in total. The minimum atomic E-state index is -0.472. The lowest BCUT2D eigenvalue weighted by atomic mass is 10.4. The molecule has 0 fully saturated rings. The van der Waals surface area contributed by atoms with Gasteiger partial charge in [0.05, 0.1) is 19.4 Å². The average molecular weight is 220 g/mol. The molecular formula is C7H8N8O. The number of hydrogen-bond acceptors (Lipinski definition) is 7. The smallest absolute Gasteiger partial charge is 0.278 e. The molecule has 9 nitrogen and oxygen atoms in total. The number of carbonyl (C=O) groups excluding carboxylic acids is 1. The molecule has 82 valence electrons. The first-order valence-corrected chi connectivity index (χ1v) is 4.28. The largest absolute Gasteiger partial charge is 0.382 e. The predicted octanol–water partition coefficient (Wildman–Crippen LogP) is -1.17. The second-order valence-electron chi connectivity index (χ2n) is 2.88. The molecule has 0 aromatic carbocycles. The predicted molar refractivity (Wildman–Crippen MR) is 53.2 cm³/mol. The van der Waals surface area contributed by atoms with E-state index >= 15 is 0 Å². The number of hydrogen-bond donors (Lipinski definition) is 2. The van der Waals surface area contributed by atoms with Gasteiger partial charge in [0.25, 0.3) is 11.9 Å². The number of nitrogen functional groups attached to an aromatic ring is 1. The molecule has 1 amide bonds. The number of tetrazole rings is 1. The average Bonchev–Trinajstić information content (AvgIpc) is 2.65. The highest BCUT2D eigenvalue weighted by Crippen LogP contribution is 2.00. The molecule has 0 aliphatic rings. The van der Waals surface area contributed by atoms with Gasteiger partial charge in [-0.2, -0.15) is 4.80 Å². The third kappa shape index (κ3) is 2.08. The summed E-state index contributed by atoms with van der Waals surface area (Å²) in [6, 6.07) is 0. The van der Waals surface area contributed by atoms with E-state index in [4.69, 9.17) is 5.73 Å². The van der Waals surface area contributed by atoms with Crippen LogP contribution in [0.3, 0.4) is 0 Å². The van der Waals surface area contributed by atoms with Gasteiger partial charge in [-0.15, -0.1) is 5.10 Å². The number of aryl methyl sites for hydroxylation is 1. The van der Waals surface area contributed by atoms with E-state index in [0.717, 1.165) is 0 Å². The quantitative estimate of drug-likeness (QED) is 0.653. The van der Waals surface area contributed by atoms with Gasteiger partial charge in [-0.1, -0.05) is 5.10 Å². The highest BCUT2D eigenvalue weighted by molar-refractivity contribution is 6.01. The summed E-state index contributed by atoms with van der Waals surface area (Å²) in [5.41, 5.74) is 5.47. The Bertz CT molecular complexity index is 503. The Labute approximate surface area is 89.7 Å². The topological polar surface area (TPSA) is 124 Å². The molecule has 2 rings (SSSR count). The lowest BCUT2D eigenvalue weighted by Crippen LogP contribution is -2.15. The summed E-state index contributed by atoms with van der Waals surface area (Å²) in [5.74, 6) is -0.124. The van der Waals surface area contributed by atoms with Crippen LogP contribution in [0.25, 0.3) is 0 Å². The molecule has 0 unspecified atom stereocenters. The Morgan fingerprint density at radius 1 is 1.44 bits per heavy atom. The molecule has 16 heavy (non-hydrogen) atoms. The number of nitrogens with one attached hydrogen (secondary N) is 1. The van der Waals surface area contributed by atoms with Crippen LogP contribution in [0.4, 0.5) is 11.8 Å². The van der Waals surface area contributed by atoms with Crippen LogP contribution in [0, 0.1) is 0 Å². The van der Waals surface area contributed by atoms with Crippen molar-refractivity contribution in [3.8, 4) is 0 Å². The van der Waals surface area contributed by atoms with Crippen molar-refractivity contribution in [2.75, 3.05) is 11.1 Å². The van der Waals surface area contributed by atoms with Gasteiger partial charge in [0, 0.05) is 0 Å². The summed E-state index contributed by atoms with van der Waals surface area (Å²) in [5, 5.41) is 13.4. The van der Waals surface area contributed by atoms with E-state index in [1.54, 1.807) is 7.05 Å². The molecule has 0 saturated carbocycles. The number of aromatic nitrogens is 6. The fourth-order valence-corrected chi connectivity index (χ4v) is 0.955. The second-order valence-corrected chi connectivity index (χ2v) is 2.88. The van der Waals surface area contributed by atoms with Crippen LogP contribution >= 0.6 is 0 Å². The van der Waals surface area contributed by atoms with E-state index in [1.165, 1.54) is 17.2 Å². The Kier molecular flexibility index (Phi) is 2.42. The molecule has 2 aromatic rings. The van der Waals surface area contributed by atoms with Crippen molar-refractivity contribution in [2.45, 2.75) is 0 Å². The molecule has 0 atom stereocenters. The maximum atomic E-state index is 11.6. The van der Waals surface area contributed by atoms with Crippen LogP contribution in [0.2, 0.25) is 0 Å². The van der Waals surface area contributed by atoms with Gasteiger partial charge in [-0.3, -0.25) is 10.1 Å². The number of carbonyl (C=O) groups is 1. The van der Waals surface area contributed by atoms with Gasteiger partial charge in [-0.25, -0.2) is 9.97 Å². The van der Waals surface area contributed by atoms with Crippen molar-refractivity contribution in [1.82, 2.24) is 30.2 Å². The van der Waals surface area contributed by atoms with E-state index in [1.807, 2.05) is 0 Å². The first-order chi connectivity index (χ1) is 7.65. The second kappa shape index (κ2) is 3.88. The fraction of sp³-hybridized carbons (Fsp3) is 0.143. The monoisotopic (exact) mass is 220 g/mol. The first-order valence-electron chi connectivity index (χ1n) is 4.28. The molecular weight excluding hydrogens is 212 g/mol. The van der Waals surface area contributed by atoms with Gasteiger partial charge < -0.3 is 5.73 Å². The molecule has 0 spiro atoms. The van der Waals surface area contributed by atoms with Crippen LogP contribution in [0.5, 0.6) is 0 Å². The molecule has 0 radical (unpaired) electrons. The zero-order chi connectivity index (χ0) is 11.5. The Morgan fingerprint density at radius 2 is 2.25 bits per heavy atom. The molecule has 0 aliphatic carbocycles. The van der Waals surface area contributed by atoms with Crippen LogP contribution in [-0.4, -0.2) is 36.1 Å². The number of rotatable bonds is 2. The van der Waals surface area contributed by atoms with Crippen LogP contribution < -0.4 is 11.1 Å². The Balaban J connectivity index is 2.11. The van der Waals surface area contributed by atoms with E-state index in [2.05, 4.69) is 30.7 Å². The molecule has 0 saturated heterocycles. The lowest BCUT2D eigenvalue weighted by molar-refractivity contribution is 0.102. The van der Waals surface area contributed by atoms with Crippen LogP contribution in [0.1, 0.15) is 10.5 Å². The third-order valence-corrected chi connectivity index (χ3v) is 1.64. The molecule has 2 heterocycles. The van der Waals surface area contributed by atoms with Gasteiger partial charge >= 0.3 is 0 Å². The highest BCUT2D eigenvalue weighted by Gasteiger charge is 2.10. The van der Waals surface area contributed by atoms with E-state index < -0.39 is 5.91 Å². The van der Waals surface area contributed by atoms with Crippen molar-refractivity contribution in [3.63, 3.8) is 0 Å². The minimum absolute atomic E-state index is 0.103. The maximum Gasteiger partial charge on any atom is 0.278 e. The number of anilines is 2. The summed E-state index contributed by atoms with van der Waals surface area (Å²) in [7, 11) is 1.59. The van der Waals surface area contributed by atoms with Crippen LogP contribution in [0.15, 0.2) is 12.4 Å². The molecule has 0 aliphatic heterocycles.